The number of esters is 1. The van der Waals surface area contributed by atoms with E-state index >= 15 is 0 Å². The van der Waals surface area contributed by atoms with Crippen molar-refractivity contribution in [3.8, 4) is 5.75 Å². The van der Waals surface area contributed by atoms with E-state index in [4.69, 9.17) is 16.3 Å². The maximum absolute atomic E-state index is 11.6. The number of hydrogen-bond acceptors (Lipinski definition) is 3. The normalized spacial score (nSPS) is 11.4. The number of carbonyl (C=O) groups excluding carboxylic acids is 1. The molecule has 0 heterocycles. The molecule has 0 spiro atoms. The number of para-hydroxylation sites is 1. The Labute approximate surface area is 123 Å². The van der Waals surface area contributed by atoms with Gasteiger partial charge in [-0.25, -0.2) is 4.79 Å². The molecule has 0 bridgehead atoms. The molecular weight excluding hydrogens is 237 g/mol. The summed E-state index contributed by atoms with van der Waals surface area (Å²) in [6.45, 7) is 1.91. The first-order valence-electron chi connectivity index (χ1n) is 4.82. The number of nitrogens with one attached hydrogen (secondary N) is 1. The van der Waals surface area contributed by atoms with Gasteiger partial charge in [-0.1, -0.05) is 30.7 Å². The van der Waals surface area contributed by atoms with Gasteiger partial charge in [-0.05, 0) is 25.6 Å². The van der Waals surface area contributed by atoms with Crippen LogP contribution in [0.5, 0.6) is 5.75 Å². The van der Waals surface area contributed by atoms with E-state index in [1.54, 1.807) is 31.3 Å². The molecule has 0 saturated heterocycles. The number of likely N-dealkylation sites (N-methyl/N-ethyl adjacent to an activating group) is 1. The molecule has 3 nitrogen and oxygen atoms in total. The van der Waals surface area contributed by atoms with Crippen molar-refractivity contribution in [1.29, 1.82) is 0 Å². The van der Waals surface area contributed by atoms with Gasteiger partial charge in [0.2, 0.25) is 0 Å². The zero-order valence-electron chi connectivity index (χ0n) is 8.79. The molecule has 1 aromatic rings. The van der Waals surface area contributed by atoms with E-state index in [0.717, 1.165) is 0 Å². The zero-order valence-corrected chi connectivity index (χ0v) is 9.54. The molecule has 1 N–H and O–H groups in total. The third-order valence-electron chi connectivity index (χ3n) is 2.09. The van der Waals surface area contributed by atoms with E-state index in [-0.39, 0.29) is 41.6 Å². The number of carbonyl (C=O) groups is 1. The molecular formula is C11H15ClNNaO2. The second kappa shape index (κ2) is 8.09. The Hall–Kier alpha value is -0.0600. The van der Waals surface area contributed by atoms with E-state index in [9.17, 15) is 4.79 Å². The Bertz CT molecular complexity index is 343. The standard InChI is InChI=1S/C11H14ClNO2.Na.H/c1-3-9(13-2)11(14)15-10-7-5-4-6-8(10)12;;/h4-7,9,13H,3H2,1-2H3;;. The Morgan fingerprint density at radius 2 is 2.12 bits per heavy atom. The first-order chi connectivity index (χ1) is 7.19. The van der Waals surface area contributed by atoms with E-state index in [1.165, 1.54) is 0 Å². The van der Waals surface area contributed by atoms with E-state index < -0.39 is 0 Å². The van der Waals surface area contributed by atoms with E-state index in [1.807, 2.05) is 6.92 Å². The van der Waals surface area contributed by atoms with Gasteiger partial charge in [0.15, 0.2) is 0 Å². The molecule has 0 amide bonds. The van der Waals surface area contributed by atoms with Crippen molar-refractivity contribution in [2.24, 2.45) is 0 Å². The van der Waals surface area contributed by atoms with Crippen LogP contribution in [0.3, 0.4) is 0 Å². The van der Waals surface area contributed by atoms with Crippen molar-refractivity contribution >= 4 is 47.1 Å². The van der Waals surface area contributed by atoms with Gasteiger partial charge < -0.3 is 10.1 Å². The number of rotatable bonds is 4. The minimum atomic E-state index is -0.312. The summed E-state index contributed by atoms with van der Waals surface area (Å²) in [7, 11) is 1.72. The maximum atomic E-state index is 11.6. The minimum absolute atomic E-state index is 0. The number of hydrogen-bond donors (Lipinski definition) is 1. The van der Waals surface area contributed by atoms with Gasteiger partial charge in [0.05, 0.1) is 5.02 Å². The molecule has 16 heavy (non-hydrogen) atoms. The molecule has 0 fully saturated rings. The molecule has 1 unspecified atom stereocenters. The van der Waals surface area contributed by atoms with Gasteiger partial charge in [0.1, 0.15) is 11.8 Å². The average molecular weight is 252 g/mol. The van der Waals surface area contributed by atoms with Crippen LogP contribution in [0.1, 0.15) is 13.3 Å². The van der Waals surface area contributed by atoms with Crippen molar-refractivity contribution < 1.29 is 9.53 Å². The summed E-state index contributed by atoms with van der Waals surface area (Å²) in [4.78, 5) is 11.6. The Morgan fingerprint density at radius 1 is 1.50 bits per heavy atom. The summed E-state index contributed by atoms with van der Waals surface area (Å²) in [6.07, 6.45) is 0.680. The van der Waals surface area contributed by atoms with Gasteiger partial charge in [0.25, 0.3) is 0 Å². The molecule has 0 aliphatic heterocycles. The van der Waals surface area contributed by atoms with E-state index in [0.29, 0.717) is 17.2 Å². The van der Waals surface area contributed by atoms with Gasteiger partial charge in [-0.3, -0.25) is 0 Å². The fourth-order valence-electron chi connectivity index (χ4n) is 1.20. The fourth-order valence-corrected chi connectivity index (χ4v) is 1.37. The quantitative estimate of drug-likeness (QED) is 0.502. The molecule has 84 valence electrons. The number of halogens is 1. The Kier molecular flexibility index (Phi) is 8.06. The van der Waals surface area contributed by atoms with Crippen LogP contribution in [0.25, 0.3) is 0 Å². The van der Waals surface area contributed by atoms with Gasteiger partial charge in [0, 0.05) is 0 Å². The fraction of sp³-hybridized carbons (Fsp3) is 0.364. The second-order valence-electron chi connectivity index (χ2n) is 3.10. The van der Waals surface area contributed by atoms with Gasteiger partial charge in [-0.15, -0.1) is 0 Å². The first-order valence-corrected chi connectivity index (χ1v) is 5.20. The molecule has 1 rings (SSSR count). The van der Waals surface area contributed by atoms with Gasteiger partial charge in [-0.2, -0.15) is 0 Å². The van der Waals surface area contributed by atoms with Crippen LogP contribution in [0, 0.1) is 0 Å². The summed E-state index contributed by atoms with van der Waals surface area (Å²) >= 11 is 5.86. The third-order valence-corrected chi connectivity index (χ3v) is 2.40. The molecule has 0 saturated carbocycles. The number of ether oxygens (including phenoxy) is 1. The molecule has 1 atom stereocenters. The van der Waals surface area contributed by atoms with Crippen molar-refractivity contribution in [2.75, 3.05) is 7.05 Å². The third kappa shape index (κ3) is 4.44. The summed E-state index contributed by atoms with van der Waals surface area (Å²) in [6, 6.07) is 6.62. The molecule has 0 aromatic heterocycles. The monoisotopic (exact) mass is 251 g/mol. The van der Waals surface area contributed by atoms with Crippen molar-refractivity contribution in [1.82, 2.24) is 5.32 Å². The summed E-state index contributed by atoms with van der Waals surface area (Å²) < 4.78 is 5.16. The predicted molar refractivity (Wildman–Crippen MR) is 67.4 cm³/mol. The molecule has 0 aliphatic rings. The Morgan fingerprint density at radius 3 is 2.62 bits per heavy atom. The SMILES string of the molecule is CCC(NC)C(=O)Oc1ccccc1Cl.[NaH]. The summed E-state index contributed by atoms with van der Waals surface area (Å²) in [5.41, 5.74) is 0. The predicted octanol–water partition coefficient (Wildman–Crippen LogP) is 1.59. The van der Waals surface area contributed by atoms with Crippen LogP contribution in [0.15, 0.2) is 24.3 Å². The molecule has 0 aliphatic carbocycles. The van der Waals surface area contributed by atoms with Crippen molar-refractivity contribution in [3.05, 3.63) is 29.3 Å². The van der Waals surface area contributed by atoms with Crippen LogP contribution in [0.2, 0.25) is 5.02 Å². The topological polar surface area (TPSA) is 38.3 Å². The summed E-state index contributed by atoms with van der Waals surface area (Å²) in [5, 5.41) is 3.32. The van der Waals surface area contributed by atoms with Crippen LogP contribution in [-0.4, -0.2) is 48.6 Å². The second-order valence-corrected chi connectivity index (χ2v) is 3.51. The van der Waals surface area contributed by atoms with Gasteiger partial charge >= 0.3 is 35.5 Å². The van der Waals surface area contributed by atoms with Crippen molar-refractivity contribution in [2.45, 2.75) is 19.4 Å². The summed E-state index contributed by atoms with van der Waals surface area (Å²) in [5.74, 6) is 0.0889. The number of benzene rings is 1. The Balaban J connectivity index is 0.00000225. The van der Waals surface area contributed by atoms with Crippen LogP contribution in [0.4, 0.5) is 0 Å². The van der Waals surface area contributed by atoms with Crippen LogP contribution in [-0.2, 0) is 4.79 Å². The average Bonchev–Trinajstić information content (AvgIpc) is 2.23. The van der Waals surface area contributed by atoms with Crippen LogP contribution >= 0.6 is 11.6 Å². The zero-order chi connectivity index (χ0) is 11.3. The molecule has 1 aromatic carbocycles. The molecule has 0 radical (unpaired) electrons. The van der Waals surface area contributed by atoms with Crippen LogP contribution < -0.4 is 10.1 Å². The van der Waals surface area contributed by atoms with Crippen molar-refractivity contribution in [3.63, 3.8) is 0 Å². The molecule has 5 heteroatoms. The first kappa shape index (κ1) is 15.9. The van der Waals surface area contributed by atoms with E-state index in [2.05, 4.69) is 5.32 Å².